The van der Waals surface area contributed by atoms with Crippen molar-refractivity contribution in [1.29, 1.82) is 0 Å². The van der Waals surface area contributed by atoms with E-state index >= 15 is 0 Å². The van der Waals surface area contributed by atoms with Gasteiger partial charge in [0.25, 0.3) is 0 Å². The van der Waals surface area contributed by atoms with Crippen molar-refractivity contribution in [2.24, 2.45) is 0 Å². The van der Waals surface area contributed by atoms with E-state index < -0.39 is 0 Å². The van der Waals surface area contributed by atoms with Crippen LogP contribution in [0.4, 0.5) is 0 Å². The molecule has 0 aliphatic carbocycles. The number of likely N-dealkylation sites (tertiary alicyclic amines) is 1. The number of carbonyl (C=O) groups is 3. The number of rotatable bonds is 5. The molecule has 8 nitrogen and oxygen atoms in total. The summed E-state index contributed by atoms with van der Waals surface area (Å²) in [5.41, 5.74) is 0.228. The summed E-state index contributed by atoms with van der Waals surface area (Å²) in [4.78, 5) is 46.2. The zero-order valence-corrected chi connectivity index (χ0v) is 17.1. The van der Waals surface area contributed by atoms with Crippen molar-refractivity contribution in [3.63, 3.8) is 0 Å². The second-order valence-electron chi connectivity index (χ2n) is 7.62. The molecule has 1 aromatic carbocycles. The van der Waals surface area contributed by atoms with Crippen LogP contribution in [0.1, 0.15) is 36.5 Å². The molecule has 1 spiro atoms. The van der Waals surface area contributed by atoms with Crippen LogP contribution in [0.5, 0.6) is 0 Å². The summed E-state index contributed by atoms with van der Waals surface area (Å²) in [6.07, 6.45) is 1.71. The molecule has 0 radical (unpaired) electrons. The maximum absolute atomic E-state index is 12.5. The quantitative estimate of drug-likeness (QED) is 0.686. The molecular formula is C21H29N3O5. The summed E-state index contributed by atoms with van der Waals surface area (Å²) in [5.74, 6) is -0.798. The molecule has 2 saturated heterocycles. The Balaban J connectivity index is 1.65. The van der Waals surface area contributed by atoms with Gasteiger partial charge in [-0.15, -0.1) is 5.06 Å². The zero-order valence-electron chi connectivity index (χ0n) is 17.1. The van der Waals surface area contributed by atoms with Gasteiger partial charge in [-0.05, 0) is 38.9 Å². The number of hydroxylamine groups is 2. The van der Waals surface area contributed by atoms with Crippen molar-refractivity contribution in [3.05, 3.63) is 35.9 Å². The van der Waals surface area contributed by atoms with E-state index in [0.717, 1.165) is 6.54 Å². The lowest BCUT2D eigenvalue weighted by molar-refractivity contribution is -0.164. The van der Waals surface area contributed by atoms with Gasteiger partial charge in [-0.3, -0.25) is 14.5 Å². The molecule has 1 amide bonds. The Hall–Kier alpha value is -2.45. The lowest BCUT2D eigenvalue weighted by atomic mass is 9.87. The fourth-order valence-corrected chi connectivity index (χ4v) is 4.01. The number of piperazine rings is 1. The number of nitrogens with zero attached hydrogens (tertiary/aromatic N) is 3. The Morgan fingerprint density at radius 1 is 1.10 bits per heavy atom. The van der Waals surface area contributed by atoms with Gasteiger partial charge in [0.05, 0.1) is 18.7 Å². The number of hydrogen-bond donors (Lipinski definition) is 0. The van der Waals surface area contributed by atoms with E-state index in [4.69, 9.17) is 9.57 Å². The molecule has 2 aliphatic heterocycles. The van der Waals surface area contributed by atoms with Gasteiger partial charge in [0.2, 0.25) is 5.91 Å². The van der Waals surface area contributed by atoms with Crippen molar-refractivity contribution in [2.45, 2.75) is 31.7 Å². The van der Waals surface area contributed by atoms with Crippen LogP contribution in [-0.4, -0.2) is 84.6 Å². The normalized spacial score (nSPS) is 23.7. The number of esters is 1. The molecule has 2 aliphatic rings. The molecule has 2 fully saturated rings. The van der Waals surface area contributed by atoms with E-state index in [1.54, 1.807) is 41.2 Å². The summed E-state index contributed by atoms with van der Waals surface area (Å²) in [6.45, 7) is 4.38. The highest BCUT2D eigenvalue weighted by molar-refractivity contribution is 5.89. The van der Waals surface area contributed by atoms with E-state index in [1.807, 2.05) is 13.1 Å². The fraction of sp³-hybridized carbons (Fsp3) is 0.571. The van der Waals surface area contributed by atoms with Crippen LogP contribution in [0.3, 0.4) is 0 Å². The van der Waals surface area contributed by atoms with Crippen LogP contribution in [0.25, 0.3) is 0 Å². The van der Waals surface area contributed by atoms with E-state index in [-0.39, 0.29) is 29.9 Å². The maximum Gasteiger partial charge on any atom is 0.357 e. The summed E-state index contributed by atoms with van der Waals surface area (Å²) >= 11 is 0. The largest absolute Gasteiger partial charge is 0.465 e. The molecule has 0 saturated carbocycles. The molecule has 1 unspecified atom stereocenters. The van der Waals surface area contributed by atoms with Gasteiger partial charge < -0.3 is 14.5 Å². The van der Waals surface area contributed by atoms with Gasteiger partial charge >= 0.3 is 11.9 Å². The first-order valence-electron chi connectivity index (χ1n) is 10.1. The molecule has 8 heteroatoms. The van der Waals surface area contributed by atoms with Crippen LogP contribution >= 0.6 is 0 Å². The SMILES string of the molecule is CCOC(=O)CN1CCC2(CCC1=O)CN(OC(=O)c1ccccc1)CCN2C. The van der Waals surface area contributed by atoms with E-state index in [1.165, 1.54) is 0 Å². The van der Waals surface area contributed by atoms with Crippen molar-refractivity contribution < 1.29 is 24.0 Å². The number of ether oxygens (including phenoxy) is 1. The molecule has 1 atom stereocenters. The third-order valence-corrected chi connectivity index (χ3v) is 5.82. The predicted octanol–water partition coefficient (Wildman–Crippen LogP) is 1.32. The summed E-state index contributed by atoms with van der Waals surface area (Å²) in [7, 11) is 2.04. The molecular weight excluding hydrogens is 374 g/mol. The lowest BCUT2D eigenvalue weighted by Crippen LogP contribution is -2.61. The first-order chi connectivity index (χ1) is 13.9. The number of hydrogen-bond acceptors (Lipinski definition) is 7. The minimum absolute atomic E-state index is 0.0147. The Bertz CT molecular complexity index is 741. The Labute approximate surface area is 171 Å². The van der Waals surface area contributed by atoms with E-state index in [2.05, 4.69) is 4.90 Å². The average Bonchev–Trinajstić information content (AvgIpc) is 2.86. The highest BCUT2D eigenvalue weighted by atomic mass is 16.7. The van der Waals surface area contributed by atoms with Crippen molar-refractivity contribution in [2.75, 3.05) is 46.4 Å². The first kappa shape index (κ1) is 21.3. The van der Waals surface area contributed by atoms with Gasteiger partial charge in [0.1, 0.15) is 6.54 Å². The Kier molecular flexibility index (Phi) is 6.87. The number of amides is 1. The van der Waals surface area contributed by atoms with Crippen molar-refractivity contribution in [3.8, 4) is 0 Å². The van der Waals surface area contributed by atoms with Crippen LogP contribution < -0.4 is 0 Å². The smallest absolute Gasteiger partial charge is 0.357 e. The Morgan fingerprint density at radius 2 is 1.86 bits per heavy atom. The van der Waals surface area contributed by atoms with Gasteiger partial charge in [-0.1, -0.05) is 18.2 Å². The summed E-state index contributed by atoms with van der Waals surface area (Å²) in [5, 5.41) is 1.71. The van der Waals surface area contributed by atoms with Crippen molar-refractivity contribution >= 4 is 17.8 Å². The molecule has 0 aromatic heterocycles. The molecule has 1 aromatic rings. The molecule has 3 rings (SSSR count). The molecule has 158 valence electrons. The van der Waals surface area contributed by atoms with Crippen LogP contribution in [0, 0.1) is 0 Å². The first-order valence-corrected chi connectivity index (χ1v) is 10.1. The standard InChI is InChI=1S/C21H29N3O5/c1-3-28-19(26)15-23-12-11-21(10-9-18(23)25)16-24(14-13-22(21)2)29-20(27)17-7-5-4-6-8-17/h4-8H,3,9-16H2,1-2H3. The zero-order chi connectivity index (χ0) is 20.9. The minimum atomic E-state index is -0.382. The van der Waals surface area contributed by atoms with Crippen molar-refractivity contribution in [1.82, 2.24) is 14.9 Å². The van der Waals surface area contributed by atoms with E-state index in [0.29, 0.717) is 51.1 Å². The van der Waals surface area contributed by atoms with Gasteiger partial charge in [0.15, 0.2) is 0 Å². The number of carbonyl (C=O) groups excluding carboxylic acids is 3. The van der Waals surface area contributed by atoms with Crippen LogP contribution in [0.15, 0.2) is 30.3 Å². The number of likely N-dealkylation sites (N-methyl/N-ethyl adjacent to an activating group) is 1. The van der Waals surface area contributed by atoms with Gasteiger partial charge in [-0.25, -0.2) is 4.79 Å². The highest BCUT2D eigenvalue weighted by Gasteiger charge is 2.43. The van der Waals surface area contributed by atoms with Gasteiger partial charge in [0, 0.05) is 31.6 Å². The monoisotopic (exact) mass is 403 g/mol. The second kappa shape index (κ2) is 9.37. The number of benzene rings is 1. The Morgan fingerprint density at radius 3 is 2.59 bits per heavy atom. The molecule has 29 heavy (non-hydrogen) atoms. The highest BCUT2D eigenvalue weighted by Crippen LogP contribution is 2.32. The van der Waals surface area contributed by atoms with E-state index in [9.17, 15) is 14.4 Å². The third-order valence-electron chi connectivity index (χ3n) is 5.82. The summed E-state index contributed by atoms with van der Waals surface area (Å²) in [6, 6.07) is 8.91. The fourth-order valence-electron chi connectivity index (χ4n) is 4.01. The van der Waals surface area contributed by atoms with Gasteiger partial charge in [-0.2, -0.15) is 0 Å². The molecule has 0 bridgehead atoms. The molecule has 0 N–H and O–H groups in total. The molecule has 2 heterocycles. The maximum atomic E-state index is 12.5. The average molecular weight is 403 g/mol. The topological polar surface area (TPSA) is 79.4 Å². The second-order valence-corrected chi connectivity index (χ2v) is 7.62. The van der Waals surface area contributed by atoms with Crippen LogP contribution in [-0.2, 0) is 19.2 Å². The minimum Gasteiger partial charge on any atom is -0.465 e. The summed E-state index contributed by atoms with van der Waals surface area (Å²) < 4.78 is 4.99. The third kappa shape index (κ3) is 5.13. The predicted molar refractivity (Wildman–Crippen MR) is 106 cm³/mol. The van der Waals surface area contributed by atoms with Crippen LogP contribution in [0.2, 0.25) is 0 Å². The lowest BCUT2D eigenvalue weighted by Gasteiger charge is -2.48.